The lowest BCUT2D eigenvalue weighted by molar-refractivity contribution is 0.0843. The normalized spacial score (nSPS) is 9.94. The standard InChI is InChI=1S/C24H22N4O6/c1-33-19-9-5-3-7-17(19)23(31)27-25-21(29)15-11-13-16(14-12-15)22(30)26-28-24(32)18-8-4-6-10-20(18)34-2/h3-14H,1-2H3,(H,25,29)(H,26,30)(H,27,31)(H,28,32). The molecule has 0 aliphatic carbocycles. The van der Waals surface area contributed by atoms with Crippen LogP contribution in [0.5, 0.6) is 11.5 Å². The number of para-hydroxylation sites is 2. The van der Waals surface area contributed by atoms with Crippen LogP contribution in [0.2, 0.25) is 0 Å². The van der Waals surface area contributed by atoms with Gasteiger partial charge in [-0.3, -0.25) is 40.9 Å². The number of carbonyl (C=O) groups excluding carboxylic acids is 4. The summed E-state index contributed by atoms with van der Waals surface area (Å²) in [7, 11) is 2.87. The van der Waals surface area contributed by atoms with Crippen LogP contribution >= 0.6 is 0 Å². The molecule has 10 heteroatoms. The third kappa shape index (κ3) is 5.68. The Morgan fingerprint density at radius 3 is 1.18 bits per heavy atom. The van der Waals surface area contributed by atoms with Crippen molar-refractivity contribution in [3.8, 4) is 11.5 Å². The van der Waals surface area contributed by atoms with Crippen LogP contribution in [0.1, 0.15) is 41.4 Å². The highest BCUT2D eigenvalue weighted by molar-refractivity contribution is 6.02. The minimum Gasteiger partial charge on any atom is -0.496 e. The fraction of sp³-hybridized carbons (Fsp3) is 0.0833. The molecule has 0 fully saturated rings. The van der Waals surface area contributed by atoms with Crippen LogP contribution in [0, 0.1) is 0 Å². The second-order valence-corrected chi connectivity index (χ2v) is 6.79. The molecule has 0 saturated heterocycles. The lowest BCUT2D eigenvalue weighted by atomic mass is 10.1. The lowest BCUT2D eigenvalue weighted by Crippen LogP contribution is -2.42. The molecule has 4 N–H and O–H groups in total. The van der Waals surface area contributed by atoms with Gasteiger partial charge in [-0.2, -0.15) is 0 Å². The summed E-state index contributed by atoms with van der Waals surface area (Å²) in [6, 6.07) is 18.8. The summed E-state index contributed by atoms with van der Waals surface area (Å²) >= 11 is 0. The van der Waals surface area contributed by atoms with Gasteiger partial charge in [0.1, 0.15) is 11.5 Å². The van der Waals surface area contributed by atoms with E-state index >= 15 is 0 Å². The van der Waals surface area contributed by atoms with E-state index < -0.39 is 23.6 Å². The summed E-state index contributed by atoms with van der Waals surface area (Å²) in [5, 5.41) is 0. The van der Waals surface area contributed by atoms with E-state index in [1.165, 1.54) is 38.5 Å². The van der Waals surface area contributed by atoms with Gasteiger partial charge in [-0.05, 0) is 48.5 Å². The molecule has 0 aromatic heterocycles. The van der Waals surface area contributed by atoms with Gasteiger partial charge in [0.05, 0.1) is 25.3 Å². The van der Waals surface area contributed by atoms with Crippen molar-refractivity contribution in [2.45, 2.75) is 0 Å². The molecule has 0 unspecified atom stereocenters. The van der Waals surface area contributed by atoms with Crippen molar-refractivity contribution in [2.75, 3.05) is 14.2 Å². The number of hydrogen-bond donors (Lipinski definition) is 4. The molecule has 174 valence electrons. The summed E-state index contributed by atoms with van der Waals surface area (Å²) in [6.07, 6.45) is 0. The average molecular weight is 462 g/mol. The van der Waals surface area contributed by atoms with E-state index in [0.29, 0.717) is 11.5 Å². The molecule has 3 aromatic rings. The van der Waals surface area contributed by atoms with Gasteiger partial charge in [-0.1, -0.05) is 24.3 Å². The van der Waals surface area contributed by atoms with Crippen LogP contribution in [0.15, 0.2) is 72.8 Å². The maximum Gasteiger partial charge on any atom is 0.273 e. The summed E-state index contributed by atoms with van der Waals surface area (Å²) in [5.74, 6) is -1.54. The van der Waals surface area contributed by atoms with E-state index in [9.17, 15) is 19.2 Å². The molecule has 0 heterocycles. The fourth-order valence-corrected chi connectivity index (χ4v) is 2.94. The SMILES string of the molecule is COc1ccccc1C(=O)NNC(=O)c1ccc(C(=O)NNC(=O)c2ccccc2OC)cc1. The molecule has 3 rings (SSSR count). The van der Waals surface area contributed by atoms with Gasteiger partial charge in [0.2, 0.25) is 0 Å². The van der Waals surface area contributed by atoms with Crippen LogP contribution in [-0.4, -0.2) is 37.8 Å². The Labute approximate surface area is 195 Å². The Balaban J connectivity index is 1.54. The van der Waals surface area contributed by atoms with E-state index in [1.54, 1.807) is 48.5 Å². The first-order chi connectivity index (χ1) is 16.4. The minimum atomic E-state index is -0.584. The molecule has 4 amide bonds. The van der Waals surface area contributed by atoms with Crippen molar-refractivity contribution in [2.24, 2.45) is 0 Å². The molecule has 34 heavy (non-hydrogen) atoms. The molecule has 0 radical (unpaired) electrons. The number of methoxy groups -OCH3 is 2. The van der Waals surface area contributed by atoms with Crippen molar-refractivity contribution in [1.29, 1.82) is 0 Å². The fourth-order valence-electron chi connectivity index (χ4n) is 2.94. The zero-order chi connectivity index (χ0) is 24.5. The highest BCUT2D eigenvalue weighted by Gasteiger charge is 2.15. The first kappa shape index (κ1) is 23.8. The number of hydrazine groups is 2. The van der Waals surface area contributed by atoms with Gasteiger partial charge in [0.25, 0.3) is 23.6 Å². The van der Waals surface area contributed by atoms with E-state index in [2.05, 4.69) is 21.7 Å². The van der Waals surface area contributed by atoms with Crippen LogP contribution in [0.25, 0.3) is 0 Å². The highest BCUT2D eigenvalue weighted by Crippen LogP contribution is 2.17. The second-order valence-electron chi connectivity index (χ2n) is 6.79. The lowest BCUT2D eigenvalue weighted by Gasteiger charge is -2.11. The Bertz CT molecular complexity index is 1120. The topological polar surface area (TPSA) is 135 Å². The zero-order valence-corrected chi connectivity index (χ0v) is 18.4. The number of nitrogens with one attached hydrogen (secondary N) is 4. The number of amides is 4. The van der Waals surface area contributed by atoms with E-state index in [4.69, 9.17) is 9.47 Å². The number of carbonyl (C=O) groups is 4. The smallest absolute Gasteiger partial charge is 0.273 e. The van der Waals surface area contributed by atoms with Crippen LogP contribution in [0.3, 0.4) is 0 Å². The summed E-state index contributed by atoms with van der Waals surface area (Å²) in [4.78, 5) is 49.2. The Hall–Kier alpha value is -4.86. The first-order valence-electron chi connectivity index (χ1n) is 10.0. The third-order valence-corrected chi connectivity index (χ3v) is 4.69. The summed E-state index contributed by atoms with van der Waals surface area (Å²) in [5.41, 5.74) is 10.1. The quantitative estimate of drug-likeness (QED) is 0.413. The van der Waals surface area contributed by atoms with Gasteiger partial charge < -0.3 is 9.47 Å². The predicted octanol–water partition coefficient (Wildman–Crippen LogP) is 1.85. The van der Waals surface area contributed by atoms with Crippen LogP contribution in [0.4, 0.5) is 0 Å². The number of ether oxygens (including phenoxy) is 2. The molecular formula is C24H22N4O6. The number of rotatable bonds is 6. The van der Waals surface area contributed by atoms with Crippen molar-refractivity contribution in [1.82, 2.24) is 21.7 Å². The number of benzene rings is 3. The summed E-state index contributed by atoms with van der Waals surface area (Å²) < 4.78 is 10.2. The molecule has 3 aromatic carbocycles. The molecule has 0 bridgehead atoms. The maximum atomic E-state index is 12.3. The van der Waals surface area contributed by atoms with Gasteiger partial charge in [-0.25, -0.2) is 0 Å². The van der Waals surface area contributed by atoms with Gasteiger partial charge >= 0.3 is 0 Å². The molecule has 0 aliphatic rings. The van der Waals surface area contributed by atoms with Gasteiger partial charge in [0.15, 0.2) is 0 Å². The Morgan fingerprint density at radius 2 is 0.824 bits per heavy atom. The first-order valence-corrected chi connectivity index (χ1v) is 10.0. The van der Waals surface area contributed by atoms with Gasteiger partial charge in [-0.15, -0.1) is 0 Å². The third-order valence-electron chi connectivity index (χ3n) is 4.69. The minimum absolute atomic E-state index is 0.204. The maximum absolute atomic E-state index is 12.3. The highest BCUT2D eigenvalue weighted by atomic mass is 16.5. The largest absolute Gasteiger partial charge is 0.496 e. The van der Waals surface area contributed by atoms with Crippen LogP contribution < -0.4 is 31.2 Å². The van der Waals surface area contributed by atoms with Gasteiger partial charge in [0, 0.05) is 11.1 Å². The monoisotopic (exact) mass is 462 g/mol. The molecular weight excluding hydrogens is 440 g/mol. The van der Waals surface area contributed by atoms with E-state index in [0.717, 1.165) is 0 Å². The predicted molar refractivity (Wildman–Crippen MR) is 122 cm³/mol. The molecule has 0 saturated carbocycles. The Morgan fingerprint density at radius 1 is 0.500 bits per heavy atom. The molecule has 0 spiro atoms. The molecule has 10 nitrogen and oxygen atoms in total. The zero-order valence-electron chi connectivity index (χ0n) is 18.4. The van der Waals surface area contributed by atoms with Crippen molar-refractivity contribution < 1.29 is 28.7 Å². The van der Waals surface area contributed by atoms with Crippen molar-refractivity contribution in [3.05, 3.63) is 95.1 Å². The molecule has 0 aliphatic heterocycles. The number of hydrogen-bond acceptors (Lipinski definition) is 6. The van der Waals surface area contributed by atoms with Crippen molar-refractivity contribution in [3.63, 3.8) is 0 Å². The average Bonchev–Trinajstić information content (AvgIpc) is 2.89. The Kier molecular flexibility index (Phi) is 7.79. The van der Waals surface area contributed by atoms with Crippen molar-refractivity contribution >= 4 is 23.6 Å². The van der Waals surface area contributed by atoms with E-state index in [1.807, 2.05) is 0 Å². The van der Waals surface area contributed by atoms with Crippen LogP contribution in [-0.2, 0) is 0 Å². The molecule has 0 atom stereocenters. The second kappa shape index (κ2) is 11.1. The summed E-state index contributed by atoms with van der Waals surface area (Å²) in [6.45, 7) is 0. The van der Waals surface area contributed by atoms with E-state index in [-0.39, 0.29) is 22.3 Å².